The Balaban J connectivity index is 1.63. The summed E-state index contributed by atoms with van der Waals surface area (Å²) in [6, 6.07) is 15.6. The predicted octanol–water partition coefficient (Wildman–Crippen LogP) is 0.430. The molecule has 1 fully saturated rings. The third kappa shape index (κ3) is 6.13. The van der Waals surface area contributed by atoms with Crippen LogP contribution in [-0.2, 0) is 20.8 Å². The van der Waals surface area contributed by atoms with Crippen molar-refractivity contribution >= 4 is 23.6 Å². The minimum atomic E-state index is -1.02. The minimum absolute atomic E-state index is 0.0985. The molecule has 2 aromatic rings. The molecule has 0 bridgehead atoms. The summed E-state index contributed by atoms with van der Waals surface area (Å²) in [7, 11) is 0. The molecule has 1 aliphatic heterocycles. The molecule has 0 unspecified atom stereocenters. The second-order valence-electron chi connectivity index (χ2n) is 7.27. The van der Waals surface area contributed by atoms with Crippen LogP contribution in [0.25, 0.3) is 0 Å². The highest BCUT2D eigenvalue weighted by atomic mass is 16.7. The average Bonchev–Trinajstić information content (AvgIpc) is 2.78. The smallest absolute Gasteiger partial charge is 0.320 e. The summed E-state index contributed by atoms with van der Waals surface area (Å²) >= 11 is 0. The first kappa shape index (κ1) is 22.9. The van der Waals surface area contributed by atoms with Gasteiger partial charge in [-0.15, -0.1) is 0 Å². The van der Waals surface area contributed by atoms with Crippen molar-refractivity contribution in [3.8, 4) is 0 Å². The van der Waals surface area contributed by atoms with Crippen LogP contribution in [0, 0.1) is 5.41 Å². The third-order valence-electron chi connectivity index (χ3n) is 4.95. The van der Waals surface area contributed by atoms with Gasteiger partial charge >= 0.3 is 5.97 Å². The lowest BCUT2D eigenvalue weighted by molar-refractivity contribution is -0.265. The number of hydrogen-bond acceptors (Lipinski definition) is 6. The van der Waals surface area contributed by atoms with Gasteiger partial charge in [0.05, 0.1) is 6.54 Å². The molecule has 5 N–H and O–H groups in total. The predicted molar refractivity (Wildman–Crippen MR) is 116 cm³/mol. The molecular formula is C22H25N5O5. The molecule has 1 heterocycles. The number of nitrogens with one attached hydrogen (secondary N) is 2. The zero-order chi connectivity index (χ0) is 23.1. The molecule has 0 radical (unpaired) electrons. The maximum absolute atomic E-state index is 12.9. The molecule has 0 spiro atoms. The number of nitrogen functional groups attached to an aromatic ring is 1. The first-order valence-corrected chi connectivity index (χ1v) is 10.0. The Hall–Kier alpha value is -3.76. The maximum Gasteiger partial charge on any atom is 0.320 e. The molecule has 168 valence electrons. The van der Waals surface area contributed by atoms with Crippen LogP contribution in [0.3, 0.4) is 0 Å². The van der Waals surface area contributed by atoms with Gasteiger partial charge in [-0.05, 0) is 17.7 Å². The second-order valence-corrected chi connectivity index (χ2v) is 7.27. The number of hydrogen-bond donors (Lipinski definition) is 4. The van der Waals surface area contributed by atoms with E-state index in [-0.39, 0.29) is 37.9 Å². The molecule has 10 heteroatoms. The number of carbonyl (C=O) groups excluding carboxylic acids is 2. The van der Waals surface area contributed by atoms with Crippen LogP contribution in [-0.4, -0.2) is 71.1 Å². The van der Waals surface area contributed by atoms with Gasteiger partial charge < -0.3 is 21.1 Å². The summed E-state index contributed by atoms with van der Waals surface area (Å²) in [5.41, 5.74) is 7.18. The minimum Gasteiger partial charge on any atom is -0.480 e. The highest BCUT2D eigenvalue weighted by molar-refractivity contribution is 5.99. The Morgan fingerprint density at radius 3 is 2.34 bits per heavy atom. The lowest BCUT2D eigenvalue weighted by Gasteiger charge is -2.40. The van der Waals surface area contributed by atoms with Crippen LogP contribution in [0.1, 0.15) is 21.5 Å². The molecule has 2 aromatic carbocycles. The molecule has 10 nitrogen and oxygen atoms in total. The van der Waals surface area contributed by atoms with Crippen molar-refractivity contribution < 1.29 is 24.3 Å². The van der Waals surface area contributed by atoms with Crippen molar-refractivity contribution in [1.29, 1.82) is 5.41 Å². The van der Waals surface area contributed by atoms with Gasteiger partial charge in [-0.25, -0.2) is 0 Å². The normalized spacial score (nSPS) is 16.4. The second kappa shape index (κ2) is 10.5. The van der Waals surface area contributed by atoms with E-state index in [9.17, 15) is 14.4 Å². The number of carboxylic acids is 1. The first-order chi connectivity index (χ1) is 15.3. The number of nitrogens with zero attached hydrogens (tertiary/aromatic N) is 2. The molecule has 0 aliphatic carbocycles. The monoisotopic (exact) mass is 439 g/mol. The number of hydroxylamine groups is 2. The van der Waals surface area contributed by atoms with E-state index in [1.54, 1.807) is 12.1 Å². The SMILES string of the molecule is N=C(N)c1ccc(C(=O)NCC(=O)N2CCN(CC(=O)O)O[C@H]2Cc2ccccc2)cc1. The summed E-state index contributed by atoms with van der Waals surface area (Å²) in [5.74, 6) is -1.89. The quantitative estimate of drug-likeness (QED) is 0.344. The van der Waals surface area contributed by atoms with E-state index < -0.39 is 18.1 Å². The molecule has 3 rings (SSSR count). The van der Waals surface area contributed by atoms with Gasteiger partial charge in [0.15, 0.2) is 6.23 Å². The number of carboxylic acid groups (broad SMARTS) is 1. The molecular weight excluding hydrogens is 414 g/mol. The van der Waals surface area contributed by atoms with Gasteiger partial charge in [0.2, 0.25) is 5.91 Å². The van der Waals surface area contributed by atoms with Crippen LogP contribution < -0.4 is 11.1 Å². The van der Waals surface area contributed by atoms with Crippen LogP contribution in [0.4, 0.5) is 0 Å². The van der Waals surface area contributed by atoms with E-state index in [4.69, 9.17) is 21.1 Å². The Labute approximate surface area is 185 Å². The summed E-state index contributed by atoms with van der Waals surface area (Å²) < 4.78 is 0. The van der Waals surface area contributed by atoms with Crippen LogP contribution >= 0.6 is 0 Å². The Morgan fingerprint density at radius 1 is 1.06 bits per heavy atom. The standard InChI is InChI=1S/C22H25N5O5/c23-21(24)16-6-8-17(9-7-16)22(31)25-13-18(28)27-11-10-26(14-20(29)30)32-19(27)12-15-4-2-1-3-5-15/h1-9,19H,10-14H2,(H3,23,24)(H,25,31)(H,29,30)/t19-/m0/s1. The van der Waals surface area contributed by atoms with E-state index in [0.29, 0.717) is 17.5 Å². The van der Waals surface area contributed by atoms with E-state index in [1.165, 1.54) is 22.1 Å². The Kier molecular flexibility index (Phi) is 7.53. The fraction of sp³-hybridized carbons (Fsp3) is 0.273. The summed E-state index contributed by atoms with van der Waals surface area (Å²) in [4.78, 5) is 43.6. The number of aliphatic carboxylic acids is 1. The number of amidine groups is 1. The van der Waals surface area contributed by atoms with E-state index in [0.717, 1.165) is 5.56 Å². The van der Waals surface area contributed by atoms with Crippen LogP contribution in [0.5, 0.6) is 0 Å². The van der Waals surface area contributed by atoms with E-state index in [2.05, 4.69) is 5.32 Å². The highest BCUT2D eigenvalue weighted by Gasteiger charge is 2.32. The molecule has 1 aliphatic rings. The molecule has 0 aromatic heterocycles. The van der Waals surface area contributed by atoms with Gasteiger partial charge in [-0.3, -0.25) is 24.6 Å². The largest absolute Gasteiger partial charge is 0.480 e. The number of amides is 2. The Morgan fingerprint density at radius 2 is 1.72 bits per heavy atom. The van der Waals surface area contributed by atoms with Crippen molar-refractivity contribution in [2.75, 3.05) is 26.2 Å². The van der Waals surface area contributed by atoms with Gasteiger partial charge in [-0.2, -0.15) is 5.06 Å². The van der Waals surface area contributed by atoms with Gasteiger partial charge in [0, 0.05) is 30.6 Å². The fourth-order valence-corrected chi connectivity index (χ4v) is 3.32. The maximum atomic E-state index is 12.9. The lowest BCUT2D eigenvalue weighted by atomic mass is 10.1. The number of carbonyl (C=O) groups is 3. The number of benzene rings is 2. The van der Waals surface area contributed by atoms with Crippen LogP contribution in [0.15, 0.2) is 54.6 Å². The zero-order valence-corrected chi connectivity index (χ0v) is 17.4. The lowest BCUT2D eigenvalue weighted by Crippen LogP contribution is -2.57. The first-order valence-electron chi connectivity index (χ1n) is 10.0. The molecule has 0 saturated carbocycles. The molecule has 32 heavy (non-hydrogen) atoms. The Bertz CT molecular complexity index is 980. The number of rotatable bonds is 8. The summed E-state index contributed by atoms with van der Waals surface area (Å²) in [6.07, 6.45) is -0.312. The van der Waals surface area contributed by atoms with E-state index in [1.807, 2.05) is 30.3 Å². The average molecular weight is 439 g/mol. The van der Waals surface area contributed by atoms with Gasteiger partial charge in [0.25, 0.3) is 5.91 Å². The molecule has 2 amide bonds. The topological polar surface area (TPSA) is 149 Å². The van der Waals surface area contributed by atoms with Crippen molar-refractivity contribution in [2.24, 2.45) is 5.73 Å². The van der Waals surface area contributed by atoms with Crippen molar-refractivity contribution in [1.82, 2.24) is 15.3 Å². The molecule has 1 atom stereocenters. The van der Waals surface area contributed by atoms with Crippen molar-refractivity contribution in [2.45, 2.75) is 12.6 Å². The van der Waals surface area contributed by atoms with Gasteiger partial charge in [-0.1, -0.05) is 42.5 Å². The zero-order valence-electron chi connectivity index (χ0n) is 17.4. The fourth-order valence-electron chi connectivity index (χ4n) is 3.32. The van der Waals surface area contributed by atoms with E-state index >= 15 is 0 Å². The van der Waals surface area contributed by atoms with Crippen molar-refractivity contribution in [3.63, 3.8) is 0 Å². The van der Waals surface area contributed by atoms with Crippen molar-refractivity contribution in [3.05, 3.63) is 71.3 Å². The molecule has 1 saturated heterocycles. The summed E-state index contributed by atoms with van der Waals surface area (Å²) in [5, 5.41) is 20.4. The van der Waals surface area contributed by atoms with Crippen LogP contribution in [0.2, 0.25) is 0 Å². The number of nitrogens with two attached hydrogens (primary N) is 1. The highest BCUT2D eigenvalue weighted by Crippen LogP contribution is 2.17. The summed E-state index contributed by atoms with van der Waals surface area (Å²) in [6.45, 7) is -0.0161. The third-order valence-corrected chi connectivity index (χ3v) is 4.95. The van der Waals surface area contributed by atoms with Gasteiger partial charge in [0.1, 0.15) is 12.4 Å².